The van der Waals surface area contributed by atoms with Crippen LogP contribution >= 0.6 is 27.5 Å². The van der Waals surface area contributed by atoms with Crippen molar-refractivity contribution in [2.45, 2.75) is 12.5 Å². The molecule has 8 heteroatoms. The van der Waals surface area contributed by atoms with E-state index in [1.54, 1.807) is 12.4 Å². The molecule has 0 aliphatic rings. The van der Waals surface area contributed by atoms with E-state index in [1.807, 2.05) is 17.5 Å². The van der Waals surface area contributed by atoms with Gasteiger partial charge in [0.1, 0.15) is 5.69 Å². The molecule has 6 nitrogen and oxygen atoms in total. The molecule has 102 valence electrons. The number of hydrogen-bond acceptors (Lipinski definition) is 7. The fourth-order valence-electron chi connectivity index (χ4n) is 1.73. The Balaban J connectivity index is 1.76. The van der Waals surface area contributed by atoms with Crippen LogP contribution < -0.4 is 5.73 Å². The summed E-state index contributed by atoms with van der Waals surface area (Å²) in [4.78, 5) is 8.38. The molecule has 0 bridgehead atoms. The molecule has 0 fully saturated rings. The predicted octanol–water partition coefficient (Wildman–Crippen LogP) is 2.59. The van der Waals surface area contributed by atoms with E-state index < -0.39 is 0 Å². The zero-order valence-corrected chi connectivity index (χ0v) is 12.6. The number of halogens is 1. The Hall–Kier alpha value is -1.64. The zero-order valence-electron chi connectivity index (χ0n) is 10.2. The van der Waals surface area contributed by atoms with Crippen LogP contribution in [0.15, 0.2) is 38.9 Å². The Labute approximate surface area is 127 Å². The molecule has 0 radical (unpaired) electrons. The van der Waals surface area contributed by atoms with E-state index in [1.165, 1.54) is 11.5 Å². The van der Waals surface area contributed by atoms with E-state index in [-0.39, 0.29) is 6.04 Å². The lowest BCUT2D eigenvalue weighted by molar-refractivity contribution is 0.354. The molecular weight excluding hydrogens is 342 g/mol. The molecule has 0 aliphatic carbocycles. The Morgan fingerprint density at radius 3 is 3.05 bits per heavy atom. The molecule has 3 heterocycles. The first kappa shape index (κ1) is 13.3. The average Bonchev–Trinajstić information content (AvgIpc) is 3.10. The zero-order chi connectivity index (χ0) is 13.9. The van der Waals surface area contributed by atoms with Crippen LogP contribution in [0.3, 0.4) is 0 Å². The number of nitrogens with zero attached hydrogens (tertiary/aromatic N) is 4. The van der Waals surface area contributed by atoms with Gasteiger partial charge in [0.15, 0.2) is 0 Å². The minimum atomic E-state index is -0.369. The molecule has 0 saturated heterocycles. The Kier molecular flexibility index (Phi) is 3.86. The predicted molar refractivity (Wildman–Crippen MR) is 78.0 cm³/mol. The van der Waals surface area contributed by atoms with Crippen LogP contribution in [0.2, 0.25) is 0 Å². The van der Waals surface area contributed by atoms with Crippen molar-refractivity contribution in [3.05, 3.63) is 45.8 Å². The first-order valence-electron chi connectivity index (χ1n) is 5.82. The first-order valence-corrected chi connectivity index (χ1v) is 7.44. The minimum Gasteiger partial charge on any atom is -0.337 e. The summed E-state index contributed by atoms with van der Waals surface area (Å²) in [7, 11) is 0. The first-order chi connectivity index (χ1) is 9.72. The second kappa shape index (κ2) is 5.78. The fraction of sp³-hybridized carbons (Fsp3) is 0.167. The van der Waals surface area contributed by atoms with Crippen molar-refractivity contribution in [1.29, 1.82) is 0 Å². The van der Waals surface area contributed by atoms with Gasteiger partial charge in [0.05, 0.1) is 6.04 Å². The quantitative estimate of drug-likeness (QED) is 0.776. The summed E-state index contributed by atoms with van der Waals surface area (Å²) < 4.78 is 10.3. The SMILES string of the molecule is NC(Cc1cncc(Br)c1)c1nc(-c2ccsn2)no1. The van der Waals surface area contributed by atoms with Gasteiger partial charge in [0, 0.05) is 22.2 Å². The van der Waals surface area contributed by atoms with Gasteiger partial charge in [-0.15, -0.1) is 0 Å². The average molecular weight is 352 g/mol. The summed E-state index contributed by atoms with van der Waals surface area (Å²) in [6.07, 6.45) is 4.07. The fourth-order valence-corrected chi connectivity index (χ4v) is 2.65. The van der Waals surface area contributed by atoms with E-state index >= 15 is 0 Å². The highest BCUT2D eigenvalue weighted by molar-refractivity contribution is 9.10. The Morgan fingerprint density at radius 1 is 1.40 bits per heavy atom. The molecule has 0 spiro atoms. The van der Waals surface area contributed by atoms with Crippen LogP contribution in [0.25, 0.3) is 11.5 Å². The molecule has 1 atom stereocenters. The third-order valence-electron chi connectivity index (χ3n) is 2.64. The van der Waals surface area contributed by atoms with Gasteiger partial charge in [-0.25, -0.2) is 0 Å². The molecular formula is C12H10BrN5OS. The van der Waals surface area contributed by atoms with Crippen molar-refractivity contribution in [2.24, 2.45) is 5.73 Å². The molecule has 3 aromatic rings. The van der Waals surface area contributed by atoms with Crippen LogP contribution in [-0.2, 0) is 6.42 Å². The maximum Gasteiger partial charge on any atom is 0.244 e. The lowest BCUT2D eigenvalue weighted by atomic mass is 10.1. The van der Waals surface area contributed by atoms with Gasteiger partial charge in [0.25, 0.3) is 0 Å². The number of nitrogens with two attached hydrogens (primary N) is 1. The molecule has 0 amide bonds. The van der Waals surface area contributed by atoms with Crippen LogP contribution in [0.4, 0.5) is 0 Å². The third-order valence-corrected chi connectivity index (χ3v) is 3.64. The van der Waals surface area contributed by atoms with Crippen molar-refractivity contribution in [3.8, 4) is 11.5 Å². The van der Waals surface area contributed by atoms with E-state index in [9.17, 15) is 0 Å². The van der Waals surface area contributed by atoms with Gasteiger partial charge in [-0.05, 0) is 51.6 Å². The van der Waals surface area contributed by atoms with Gasteiger partial charge in [-0.3, -0.25) is 4.98 Å². The normalized spacial score (nSPS) is 12.5. The van der Waals surface area contributed by atoms with E-state index in [0.717, 1.165) is 10.0 Å². The van der Waals surface area contributed by atoms with Crippen molar-refractivity contribution in [1.82, 2.24) is 19.5 Å². The van der Waals surface area contributed by atoms with Crippen molar-refractivity contribution < 1.29 is 4.52 Å². The molecule has 20 heavy (non-hydrogen) atoms. The summed E-state index contributed by atoms with van der Waals surface area (Å²) in [5, 5.41) is 5.75. The lowest BCUT2D eigenvalue weighted by Gasteiger charge is -2.06. The molecule has 3 aromatic heterocycles. The topological polar surface area (TPSA) is 90.7 Å². The summed E-state index contributed by atoms with van der Waals surface area (Å²) in [5.74, 6) is 0.858. The summed E-state index contributed by atoms with van der Waals surface area (Å²) in [6.45, 7) is 0. The van der Waals surface area contributed by atoms with E-state index in [0.29, 0.717) is 23.8 Å². The van der Waals surface area contributed by atoms with Gasteiger partial charge in [-0.2, -0.15) is 9.36 Å². The van der Waals surface area contributed by atoms with Gasteiger partial charge >= 0.3 is 0 Å². The van der Waals surface area contributed by atoms with Crippen LogP contribution in [0.5, 0.6) is 0 Å². The van der Waals surface area contributed by atoms with Crippen LogP contribution in [-0.4, -0.2) is 19.5 Å². The third kappa shape index (κ3) is 2.92. The Bertz CT molecular complexity index is 699. The summed E-state index contributed by atoms with van der Waals surface area (Å²) >= 11 is 4.72. The summed E-state index contributed by atoms with van der Waals surface area (Å²) in [6, 6.07) is 3.43. The maximum atomic E-state index is 6.09. The number of aromatic nitrogens is 4. The molecule has 3 rings (SSSR count). The number of pyridine rings is 1. The standard InChI is InChI=1S/C12H10BrN5OS/c13-8-3-7(5-15-6-8)4-9(14)12-16-11(17-19-12)10-1-2-20-18-10/h1-3,5-6,9H,4,14H2. The van der Waals surface area contributed by atoms with Crippen LogP contribution in [0, 0.1) is 0 Å². The largest absolute Gasteiger partial charge is 0.337 e. The smallest absolute Gasteiger partial charge is 0.244 e. The molecule has 0 aromatic carbocycles. The van der Waals surface area contributed by atoms with Crippen LogP contribution in [0.1, 0.15) is 17.5 Å². The molecule has 2 N–H and O–H groups in total. The molecule has 0 aliphatic heterocycles. The molecule has 1 unspecified atom stereocenters. The van der Waals surface area contributed by atoms with E-state index in [4.69, 9.17) is 10.3 Å². The number of hydrogen-bond donors (Lipinski definition) is 1. The van der Waals surface area contributed by atoms with Crippen molar-refractivity contribution in [2.75, 3.05) is 0 Å². The van der Waals surface area contributed by atoms with Crippen molar-refractivity contribution >= 4 is 27.5 Å². The highest BCUT2D eigenvalue weighted by Gasteiger charge is 2.17. The van der Waals surface area contributed by atoms with Gasteiger partial charge in [0.2, 0.25) is 11.7 Å². The minimum absolute atomic E-state index is 0.369. The summed E-state index contributed by atoms with van der Waals surface area (Å²) in [5.41, 5.74) is 7.78. The second-order valence-corrected chi connectivity index (χ2v) is 5.74. The second-order valence-electron chi connectivity index (χ2n) is 4.16. The number of rotatable bonds is 4. The molecule has 0 saturated carbocycles. The maximum absolute atomic E-state index is 6.09. The van der Waals surface area contributed by atoms with Gasteiger partial charge < -0.3 is 10.3 Å². The Morgan fingerprint density at radius 2 is 2.30 bits per heavy atom. The monoisotopic (exact) mass is 351 g/mol. The highest BCUT2D eigenvalue weighted by atomic mass is 79.9. The van der Waals surface area contributed by atoms with Gasteiger partial charge in [-0.1, -0.05) is 5.16 Å². The lowest BCUT2D eigenvalue weighted by Crippen LogP contribution is -2.14. The van der Waals surface area contributed by atoms with E-state index in [2.05, 4.69) is 35.4 Å². The highest BCUT2D eigenvalue weighted by Crippen LogP contribution is 2.20. The van der Waals surface area contributed by atoms with Crippen molar-refractivity contribution in [3.63, 3.8) is 0 Å².